The van der Waals surface area contributed by atoms with Crippen molar-refractivity contribution >= 4 is 94.5 Å². The van der Waals surface area contributed by atoms with Crippen molar-refractivity contribution in [2.45, 2.75) is 176 Å². The number of carbonyl (C=O) groups excluding carboxylic acids is 11. The van der Waals surface area contributed by atoms with Crippen molar-refractivity contribution in [1.82, 2.24) is 68.9 Å². The maximum absolute atomic E-state index is 16.3. The normalized spacial score (nSPS) is 26.9. The smallest absolute Gasteiger partial charge is 0.330 e. The van der Waals surface area contributed by atoms with Gasteiger partial charge in [0.15, 0.2) is 23.9 Å². The average molecular weight is 1820 g/mol. The standard InChI is InChI=1S/C84H99Cl2N15O27/c1-7-122-43-14-8-37(9-15-43)10-19-59(107)92-58-20-22-101(83(121)93-58)23-21-90-84(5)33-60(123-36(4)73(84)112)127-72-70(111)69(110)56(34-102)126-81(72)128-71-54-28-41-29-55(71)125-53-18-13-40(27-47(53)86)68(109)66-79(118)96-64(80(119)99-100-82(88)120)45-30-42(103)31-51(105)61(45)44-25-38(11-16-50(44)104)62(76(115)98-66)95-77(116)63(41)94-75(114)49(32-57(87)106)91-78(117)65(97-74(113)48(89-6)24-35(2)3)67(108)39-12-17-52(124-54)46(85)26-39/h8-19,25-31,35-36,48-49,56,58,60,62-70,72-73,81,89-90,102-105,108-112H,7,20-24,32-34H2,1-6H3,(H2,87,106)(H,91,117)(H,92,107)(H,93,121)(H,94,114)(H,95,116)(H,96,118)(H,97,113)(H,98,115)(H,99,119)(H3,88,100,120)/b19-10+. The van der Waals surface area contributed by atoms with Gasteiger partial charge in [-0.15, -0.1) is 0 Å². The number of nitrogens with two attached hydrogens (primary N) is 2. The lowest BCUT2D eigenvalue weighted by atomic mass is 9.85. The molecule has 3 fully saturated rings. The Morgan fingerprint density at radius 1 is 0.703 bits per heavy atom. The summed E-state index contributed by atoms with van der Waals surface area (Å²) in [5, 5.41) is 132. The summed E-state index contributed by atoms with van der Waals surface area (Å²) in [4.78, 5) is 160. The molecule has 6 aromatic carbocycles. The van der Waals surface area contributed by atoms with Crippen LogP contribution in [0.4, 0.5) is 9.59 Å². The molecule has 8 aliphatic rings. The number of hydrogen-bond donors (Lipinski definition) is 23. The zero-order valence-electron chi connectivity index (χ0n) is 69.5. The summed E-state index contributed by atoms with van der Waals surface area (Å²) < 4.78 is 44.9. The van der Waals surface area contributed by atoms with Crippen molar-refractivity contribution in [3.05, 3.63) is 153 Å². The Hall–Kier alpha value is -12.4. The number of hydrazine groups is 1. The Morgan fingerprint density at radius 2 is 1.35 bits per heavy atom. The molecule has 8 heterocycles. The second-order valence-corrected chi connectivity index (χ2v) is 32.6. The molecule has 3 saturated heterocycles. The van der Waals surface area contributed by atoms with Crippen molar-refractivity contribution in [3.8, 4) is 62.9 Å². The summed E-state index contributed by atoms with van der Waals surface area (Å²) in [7, 11) is 1.46. The van der Waals surface area contributed by atoms with Crippen LogP contribution in [0.2, 0.25) is 10.0 Å². The molecule has 128 heavy (non-hydrogen) atoms. The van der Waals surface area contributed by atoms with Crippen LogP contribution in [-0.4, -0.2) is 241 Å². The van der Waals surface area contributed by atoms with E-state index in [1.165, 1.54) is 37.1 Å². The van der Waals surface area contributed by atoms with Crippen LogP contribution >= 0.6 is 23.2 Å². The molecule has 11 bridgehead atoms. The number of nitrogens with one attached hydrogen (secondary N) is 12. The number of phenols is 3. The van der Waals surface area contributed by atoms with Crippen LogP contribution in [0.5, 0.6) is 51.7 Å². The number of amides is 13. The van der Waals surface area contributed by atoms with Crippen LogP contribution in [0, 0.1) is 5.92 Å². The maximum Gasteiger partial charge on any atom is 0.330 e. The van der Waals surface area contributed by atoms with Crippen LogP contribution in [0.3, 0.4) is 0 Å². The predicted molar refractivity (Wildman–Crippen MR) is 450 cm³/mol. The Morgan fingerprint density at radius 3 is 1.98 bits per heavy atom. The van der Waals surface area contributed by atoms with Gasteiger partial charge in [0.05, 0.1) is 47.9 Å². The molecule has 0 radical (unpaired) electrons. The van der Waals surface area contributed by atoms with E-state index in [0.717, 1.165) is 72.3 Å². The molecule has 14 rings (SSSR count). The number of ether oxygens (including phenoxy) is 7. The number of halogens is 2. The van der Waals surface area contributed by atoms with E-state index in [1.54, 1.807) is 37.3 Å². The highest BCUT2D eigenvalue weighted by atomic mass is 35.5. The molecule has 0 aliphatic carbocycles. The topological polar surface area (TPSA) is 634 Å². The van der Waals surface area contributed by atoms with E-state index in [2.05, 4.69) is 53.2 Å². The minimum absolute atomic E-state index is 0.0388. The fraction of sp³-hybridized carbons (Fsp3) is 0.417. The number of primary amides is 2. The van der Waals surface area contributed by atoms with Crippen molar-refractivity contribution in [3.63, 3.8) is 0 Å². The van der Waals surface area contributed by atoms with Gasteiger partial charge in [-0.2, -0.15) is 0 Å². The first-order valence-electron chi connectivity index (χ1n) is 40.6. The molecule has 6 aromatic rings. The van der Waals surface area contributed by atoms with Gasteiger partial charge in [-0.05, 0) is 146 Å². The first-order valence-corrected chi connectivity index (χ1v) is 41.4. The molecule has 25 N–H and O–H groups in total. The molecule has 8 aliphatic heterocycles. The van der Waals surface area contributed by atoms with Crippen molar-refractivity contribution in [2.24, 2.45) is 17.4 Å². The van der Waals surface area contributed by atoms with Gasteiger partial charge in [0.2, 0.25) is 59.3 Å². The lowest BCUT2D eigenvalue weighted by Crippen LogP contribution is -2.66. The van der Waals surface area contributed by atoms with Gasteiger partial charge < -0.3 is 149 Å². The van der Waals surface area contributed by atoms with E-state index in [-0.39, 0.29) is 55.3 Å². The SMILES string of the molecule is CCOc1ccc(/C=C/C(=O)NC2CCN(CCNC3(C)CC(OC4C(Oc5c6cc7cc5Oc5ccc(cc5Cl)C(O)C5NC(=O)C(NC(=O)C7NC(=O)C(CC(N)=O)NC(=O)C(NC(=O)C(CC(C)C)NC)C(O)c7ccc(c(Cl)c7)O6)c6ccc(O)c(c6)-c6c(O)cc(O)cc6C(C(=O)NNC(N)=O)NC5=O)OC(CO)C(O)C4O)OC(C)C3O)C(=O)N2)cc1. The van der Waals surface area contributed by atoms with Crippen LogP contribution in [0.25, 0.3) is 17.2 Å². The summed E-state index contributed by atoms with van der Waals surface area (Å²) in [6.07, 6.45) is -17.0. The Labute approximate surface area is 740 Å². The van der Waals surface area contributed by atoms with E-state index in [0.29, 0.717) is 18.8 Å². The second-order valence-electron chi connectivity index (χ2n) is 31.8. The molecule has 19 unspecified atom stereocenters. The van der Waals surface area contributed by atoms with Gasteiger partial charge in [0.25, 0.3) is 5.91 Å². The number of urea groups is 2. The molecule has 686 valence electrons. The van der Waals surface area contributed by atoms with Gasteiger partial charge in [-0.3, -0.25) is 48.6 Å². The monoisotopic (exact) mass is 1820 g/mol. The minimum Gasteiger partial charge on any atom is -0.508 e. The fourth-order valence-electron chi connectivity index (χ4n) is 15.6. The van der Waals surface area contributed by atoms with E-state index in [4.69, 9.17) is 67.8 Å². The molecular weight excluding hydrogens is 1720 g/mol. The number of aromatic hydroxyl groups is 3. The molecule has 0 aromatic heterocycles. The van der Waals surface area contributed by atoms with Gasteiger partial charge in [-0.1, -0.05) is 67.4 Å². The first kappa shape index (κ1) is 94.7. The van der Waals surface area contributed by atoms with Gasteiger partial charge >= 0.3 is 12.1 Å². The molecular formula is C84H99Cl2N15O27. The van der Waals surface area contributed by atoms with Crippen LogP contribution in [0.15, 0.2) is 109 Å². The largest absolute Gasteiger partial charge is 0.508 e. The van der Waals surface area contributed by atoms with Gasteiger partial charge in [0.1, 0.15) is 107 Å². The molecule has 19 atom stereocenters. The number of aliphatic hydroxyl groups excluding tert-OH is 6. The third-order valence-electron chi connectivity index (χ3n) is 22.2. The average Bonchev–Trinajstić information content (AvgIpc) is 0.761. The summed E-state index contributed by atoms with van der Waals surface area (Å²) in [5.74, 6) is -15.9. The lowest BCUT2D eigenvalue weighted by Gasteiger charge is -2.48. The first-order chi connectivity index (χ1) is 60.8. The third kappa shape index (κ3) is 21.9. The van der Waals surface area contributed by atoms with E-state index < -0.39 is 272 Å². The number of benzene rings is 6. The summed E-state index contributed by atoms with van der Waals surface area (Å²) in [5.41, 5.74) is 11.3. The highest BCUT2D eigenvalue weighted by Crippen LogP contribution is 2.50. The highest BCUT2D eigenvalue weighted by Gasteiger charge is 2.53. The van der Waals surface area contributed by atoms with Crippen LogP contribution in [0.1, 0.15) is 124 Å². The second kappa shape index (κ2) is 40.7. The summed E-state index contributed by atoms with van der Waals surface area (Å²) in [6, 6.07) is 4.15. The molecule has 13 amide bonds. The number of fused-ring (bicyclic) bond motifs is 15. The lowest BCUT2D eigenvalue weighted by molar-refractivity contribution is -0.334. The zero-order valence-corrected chi connectivity index (χ0v) is 71.0. The number of aliphatic hydroxyl groups is 6. The van der Waals surface area contributed by atoms with Crippen LogP contribution < -0.4 is 94.4 Å². The summed E-state index contributed by atoms with van der Waals surface area (Å²) in [6.45, 7) is 8.37. The fourth-order valence-corrected chi connectivity index (χ4v) is 16.0. The van der Waals surface area contributed by atoms with Crippen molar-refractivity contribution in [1.29, 1.82) is 0 Å². The van der Waals surface area contributed by atoms with Crippen molar-refractivity contribution < 1.29 is 132 Å². The number of phenolic OH excluding ortho intramolecular Hbond substituents is 3. The molecule has 44 heteroatoms. The van der Waals surface area contributed by atoms with Gasteiger partial charge in [0, 0.05) is 61.3 Å². The number of rotatable bonds is 22. The van der Waals surface area contributed by atoms with E-state index in [9.17, 15) is 74.7 Å². The Kier molecular flexibility index (Phi) is 30.1. The quantitative estimate of drug-likeness (QED) is 0.0321. The molecule has 42 nitrogen and oxygen atoms in total. The predicted octanol–water partition coefficient (Wildman–Crippen LogP) is 0.322. The van der Waals surface area contributed by atoms with Crippen LogP contribution in [-0.2, 0) is 57.4 Å². The number of nitrogens with zero attached hydrogens (tertiary/aromatic N) is 1. The molecule has 0 saturated carbocycles. The highest BCUT2D eigenvalue weighted by molar-refractivity contribution is 6.32. The minimum atomic E-state index is -2.41. The maximum atomic E-state index is 16.3. The molecule has 0 spiro atoms. The third-order valence-corrected chi connectivity index (χ3v) is 22.8. The van der Waals surface area contributed by atoms with Gasteiger partial charge in [-0.25, -0.2) is 15.0 Å². The number of likely N-dealkylation sites (N-methyl/N-ethyl adjacent to an activating group) is 1. The zero-order chi connectivity index (χ0) is 92.6. The summed E-state index contributed by atoms with van der Waals surface area (Å²) >= 11 is 14.4. The Balaban J connectivity index is 0.971. The number of hydrogen-bond acceptors (Lipinski definition) is 29. The number of carbonyl (C=O) groups is 11. The van der Waals surface area contributed by atoms with E-state index in [1.807, 2.05) is 31.6 Å². The Bertz CT molecular complexity index is 5250. The van der Waals surface area contributed by atoms with Crippen molar-refractivity contribution in [2.75, 3.05) is 39.9 Å². The van der Waals surface area contributed by atoms with E-state index >= 15 is 24.0 Å².